The minimum absolute atomic E-state index is 0.0112. The van der Waals surface area contributed by atoms with E-state index in [-0.39, 0.29) is 12.5 Å². The van der Waals surface area contributed by atoms with Crippen LogP contribution in [0.25, 0.3) is 0 Å². The molecule has 0 unspecified atom stereocenters. The number of rotatable bonds is 5. The van der Waals surface area contributed by atoms with Crippen molar-refractivity contribution in [1.82, 2.24) is 0 Å². The fraction of sp³-hybridized carbons (Fsp3) is 0.714. The molecule has 12 heavy (non-hydrogen) atoms. The largest absolute Gasteiger partial charge is 0.481 e. The Morgan fingerprint density at radius 2 is 2.17 bits per heavy atom. The maximum absolute atomic E-state index is 10.3. The SMILES string of the molecule is CC[C@H](CCC(=O)O)OC(=O)Cl. The van der Waals surface area contributed by atoms with E-state index in [1.807, 2.05) is 0 Å². The lowest BCUT2D eigenvalue weighted by molar-refractivity contribution is -0.137. The van der Waals surface area contributed by atoms with Gasteiger partial charge in [0.15, 0.2) is 0 Å². The van der Waals surface area contributed by atoms with E-state index in [2.05, 4.69) is 4.74 Å². The van der Waals surface area contributed by atoms with E-state index in [9.17, 15) is 9.59 Å². The first-order valence-electron chi connectivity index (χ1n) is 3.64. The van der Waals surface area contributed by atoms with Gasteiger partial charge in [-0.25, -0.2) is 4.79 Å². The van der Waals surface area contributed by atoms with Crippen molar-refractivity contribution in [3.05, 3.63) is 0 Å². The molecular formula is C7H11ClO4. The van der Waals surface area contributed by atoms with E-state index in [1.165, 1.54) is 0 Å². The third kappa shape index (κ3) is 5.97. The molecule has 0 spiro atoms. The van der Waals surface area contributed by atoms with Crippen molar-refractivity contribution in [1.29, 1.82) is 0 Å². The van der Waals surface area contributed by atoms with E-state index in [0.29, 0.717) is 12.8 Å². The van der Waals surface area contributed by atoms with Gasteiger partial charge in [0.25, 0.3) is 0 Å². The van der Waals surface area contributed by atoms with Gasteiger partial charge in [0.05, 0.1) is 0 Å². The normalized spacial score (nSPS) is 12.2. The second kappa shape index (κ2) is 5.83. The van der Waals surface area contributed by atoms with Crippen LogP contribution in [0, 0.1) is 0 Å². The highest BCUT2D eigenvalue weighted by Crippen LogP contribution is 2.08. The molecule has 0 fully saturated rings. The molecule has 0 aliphatic carbocycles. The molecule has 1 atom stereocenters. The molecule has 70 valence electrons. The number of carboxylic acid groups (broad SMARTS) is 1. The summed E-state index contributed by atoms with van der Waals surface area (Å²) in [5.41, 5.74) is -0.882. The Balaban J connectivity index is 3.67. The van der Waals surface area contributed by atoms with Crippen LogP contribution >= 0.6 is 11.6 Å². The minimum Gasteiger partial charge on any atom is -0.481 e. The van der Waals surface area contributed by atoms with Crippen LogP contribution in [0.2, 0.25) is 0 Å². The van der Waals surface area contributed by atoms with E-state index in [0.717, 1.165) is 0 Å². The highest BCUT2D eigenvalue weighted by atomic mass is 35.5. The van der Waals surface area contributed by atoms with Gasteiger partial charge < -0.3 is 9.84 Å². The summed E-state index contributed by atoms with van der Waals surface area (Å²) in [6.07, 6.45) is 0.490. The van der Waals surface area contributed by atoms with Crippen molar-refractivity contribution >= 4 is 23.0 Å². The first kappa shape index (κ1) is 11.2. The van der Waals surface area contributed by atoms with E-state index < -0.39 is 11.4 Å². The zero-order valence-electron chi connectivity index (χ0n) is 6.75. The lowest BCUT2D eigenvalue weighted by Gasteiger charge is -2.11. The van der Waals surface area contributed by atoms with Crippen LogP contribution in [0.15, 0.2) is 0 Å². The Labute approximate surface area is 75.5 Å². The van der Waals surface area contributed by atoms with Gasteiger partial charge in [-0.15, -0.1) is 0 Å². The van der Waals surface area contributed by atoms with Gasteiger partial charge in [0.2, 0.25) is 0 Å². The first-order valence-corrected chi connectivity index (χ1v) is 4.02. The number of halogens is 1. The van der Waals surface area contributed by atoms with Gasteiger partial charge in [-0.3, -0.25) is 4.79 Å². The van der Waals surface area contributed by atoms with Crippen molar-refractivity contribution in [2.24, 2.45) is 0 Å². The summed E-state index contributed by atoms with van der Waals surface area (Å²) in [5, 5.41) is 8.32. The van der Waals surface area contributed by atoms with Crippen LogP contribution in [0.4, 0.5) is 4.79 Å². The summed E-state index contributed by atoms with van der Waals surface area (Å²) in [5.74, 6) is -0.904. The standard InChI is InChI=1S/C7H11ClO4/c1-2-5(12-7(8)11)3-4-6(9)10/h5H,2-4H2,1H3,(H,9,10)/t5-/m1/s1. The number of aliphatic carboxylic acids is 1. The molecule has 0 rings (SSSR count). The molecule has 4 nitrogen and oxygen atoms in total. The Hall–Kier alpha value is -0.770. The van der Waals surface area contributed by atoms with Gasteiger partial charge in [-0.2, -0.15) is 0 Å². The van der Waals surface area contributed by atoms with E-state index in [1.54, 1.807) is 6.92 Å². The highest BCUT2D eigenvalue weighted by Gasteiger charge is 2.11. The second-order valence-corrected chi connectivity index (χ2v) is 2.63. The summed E-state index contributed by atoms with van der Waals surface area (Å²) >= 11 is 4.96. The van der Waals surface area contributed by atoms with Gasteiger partial charge in [-0.1, -0.05) is 6.92 Å². The van der Waals surface area contributed by atoms with Crippen LogP contribution in [0.1, 0.15) is 26.2 Å². The number of hydrogen-bond acceptors (Lipinski definition) is 3. The maximum Gasteiger partial charge on any atom is 0.404 e. The smallest absolute Gasteiger partial charge is 0.404 e. The first-order chi connectivity index (χ1) is 5.56. The highest BCUT2D eigenvalue weighted by molar-refractivity contribution is 6.61. The number of carbonyl (C=O) groups is 2. The van der Waals surface area contributed by atoms with Crippen molar-refractivity contribution in [3.8, 4) is 0 Å². The molecule has 0 aromatic heterocycles. The van der Waals surface area contributed by atoms with E-state index >= 15 is 0 Å². The van der Waals surface area contributed by atoms with Gasteiger partial charge in [-0.05, 0) is 12.8 Å². The monoisotopic (exact) mass is 194 g/mol. The average Bonchev–Trinajstić information content (AvgIpc) is 1.97. The zero-order chi connectivity index (χ0) is 9.56. The predicted octanol–water partition coefficient (Wildman–Crippen LogP) is 2.01. The van der Waals surface area contributed by atoms with Gasteiger partial charge in [0.1, 0.15) is 6.10 Å². The van der Waals surface area contributed by atoms with Crippen LogP contribution < -0.4 is 0 Å². The molecule has 1 N–H and O–H groups in total. The Kier molecular flexibility index (Phi) is 5.45. The molecular weight excluding hydrogens is 184 g/mol. The Morgan fingerprint density at radius 1 is 1.58 bits per heavy atom. The summed E-state index contributed by atoms with van der Waals surface area (Å²) in [7, 11) is 0. The van der Waals surface area contributed by atoms with Crippen molar-refractivity contribution in [3.63, 3.8) is 0 Å². The summed E-state index contributed by atoms with van der Waals surface area (Å²) in [4.78, 5) is 20.4. The van der Waals surface area contributed by atoms with Crippen LogP contribution in [-0.4, -0.2) is 22.6 Å². The predicted molar refractivity (Wildman–Crippen MR) is 43.3 cm³/mol. The lowest BCUT2D eigenvalue weighted by Crippen LogP contribution is -2.14. The molecule has 0 aliphatic heterocycles. The molecule has 0 radical (unpaired) electrons. The molecule has 0 heterocycles. The molecule has 0 amide bonds. The number of ether oxygens (including phenoxy) is 1. The third-order valence-corrected chi connectivity index (χ3v) is 1.48. The number of carbonyl (C=O) groups excluding carboxylic acids is 1. The van der Waals surface area contributed by atoms with Crippen molar-refractivity contribution in [2.75, 3.05) is 0 Å². The number of carboxylic acids is 1. The minimum atomic E-state index is -0.904. The van der Waals surface area contributed by atoms with Gasteiger partial charge in [0, 0.05) is 18.0 Å². The molecule has 0 saturated heterocycles. The topological polar surface area (TPSA) is 63.6 Å². The van der Waals surface area contributed by atoms with Crippen LogP contribution in [0.3, 0.4) is 0 Å². The van der Waals surface area contributed by atoms with Crippen LogP contribution in [0.5, 0.6) is 0 Å². The summed E-state index contributed by atoms with van der Waals surface area (Å²) in [6.45, 7) is 1.80. The maximum atomic E-state index is 10.3. The zero-order valence-corrected chi connectivity index (χ0v) is 7.50. The molecule has 0 saturated carbocycles. The fourth-order valence-corrected chi connectivity index (χ4v) is 0.888. The average molecular weight is 195 g/mol. The molecule has 0 aliphatic rings. The van der Waals surface area contributed by atoms with E-state index in [4.69, 9.17) is 16.7 Å². The third-order valence-electron chi connectivity index (χ3n) is 1.39. The Bertz CT molecular complexity index is 169. The molecule has 0 aromatic carbocycles. The second-order valence-electron chi connectivity index (χ2n) is 2.32. The fourth-order valence-electron chi connectivity index (χ4n) is 0.762. The van der Waals surface area contributed by atoms with Crippen molar-refractivity contribution < 1.29 is 19.4 Å². The molecule has 0 aromatic rings. The number of hydrogen-bond donors (Lipinski definition) is 1. The van der Waals surface area contributed by atoms with Gasteiger partial charge >= 0.3 is 11.4 Å². The summed E-state index contributed by atoms with van der Waals surface area (Å²) in [6, 6.07) is 0. The molecule has 0 bridgehead atoms. The molecule has 5 heteroatoms. The van der Waals surface area contributed by atoms with Crippen molar-refractivity contribution in [2.45, 2.75) is 32.3 Å². The quantitative estimate of drug-likeness (QED) is 0.680. The lowest BCUT2D eigenvalue weighted by atomic mass is 10.1. The Morgan fingerprint density at radius 3 is 2.50 bits per heavy atom. The van der Waals surface area contributed by atoms with Crippen LogP contribution in [-0.2, 0) is 9.53 Å². The summed E-state index contributed by atoms with van der Waals surface area (Å²) < 4.78 is 4.61.